The van der Waals surface area contributed by atoms with Crippen LogP contribution in [0.1, 0.15) is 55.2 Å². The Morgan fingerprint density at radius 1 is 0.775 bits per heavy atom. The third-order valence-corrected chi connectivity index (χ3v) is 8.21. The van der Waals surface area contributed by atoms with Crippen LogP contribution in [0.5, 0.6) is 11.5 Å². The lowest BCUT2D eigenvalue weighted by Gasteiger charge is -2.37. The van der Waals surface area contributed by atoms with Gasteiger partial charge in [0.15, 0.2) is 0 Å². The summed E-state index contributed by atoms with van der Waals surface area (Å²) in [6, 6.07) is 26.4. The normalized spacial score (nSPS) is 18.9. The van der Waals surface area contributed by atoms with E-state index in [2.05, 4.69) is 36.4 Å². The number of ether oxygens (including phenoxy) is 4. The Labute approximate surface area is 238 Å². The lowest BCUT2D eigenvalue weighted by Crippen LogP contribution is -2.36. The highest BCUT2D eigenvalue weighted by molar-refractivity contribution is 5.81. The molecule has 0 aromatic heterocycles. The number of methoxy groups -OCH3 is 3. The highest BCUT2D eigenvalue weighted by atomic mass is 16.5. The summed E-state index contributed by atoms with van der Waals surface area (Å²) in [6.07, 6.45) is 4.99. The molecular weight excluding hydrogens is 502 g/mol. The van der Waals surface area contributed by atoms with Gasteiger partial charge in [0.2, 0.25) is 0 Å². The number of benzene rings is 3. The monoisotopic (exact) mass is 545 g/mol. The van der Waals surface area contributed by atoms with E-state index in [1.54, 1.807) is 21.3 Å². The molecule has 40 heavy (non-hydrogen) atoms. The van der Waals surface area contributed by atoms with E-state index in [1.807, 2.05) is 42.5 Å². The van der Waals surface area contributed by atoms with Gasteiger partial charge in [0.25, 0.3) is 0 Å². The van der Waals surface area contributed by atoms with E-state index in [-0.39, 0.29) is 17.9 Å². The molecule has 1 aliphatic carbocycles. The van der Waals surface area contributed by atoms with Crippen LogP contribution in [0.4, 0.5) is 0 Å². The van der Waals surface area contributed by atoms with E-state index in [1.165, 1.54) is 0 Å². The summed E-state index contributed by atoms with van der Waals surface area (Å²) in [6.45, 7) is 1.09. The molecule has 1 fully saturated rings. The van der Waals surface area contributed by atoms with Gasteiger partial charge in [-0.1, -0.05) is 61.0 Å². The van der Waals surface area contributed by atoms with Gasteiger partial charge in [-0.3, -0.25) is 4.79 Å². The third-order valence-electron chi connectivity index (χ3n) is 8.21. The molecule has 0 bridgehead atoms. The summed E-state index contributed by atoms with van der Waals surface area (Å²) in [5.41, 5.74) is 7.72. The summed E-state index contributed by atoms with van der Waals surface area (Å²) in [5.74, 6) is 1.85. The van der Waals surface area contributed by atoms with E-state index in [0.29, 0.717) is 25.4 Å². The van der Waals surface area contributed by atoms with Crippen LogP contribution in [-0.4, -0.2) is 46.4 Å². The SMILES string of the molecule is COc1ccc(C(OC[C@@H]2C[C@@H](OC)CC2C(=O)CCCCCN)(c2ccccc2)c2ccc(OC)cc2)cc1. The van der Waals surface area contributed by atoms with Crippen molar-refractivity contribution in [2.24, 2.45) is 17.6 Å². The minimum Gasteiger partial charge on any atom is -0.497 e. The molecule has 1 saturated carbocycles. The molecule has 1 unspecified atom stereocenters. The van der Waals surface area contributed by atoms with Crippen molar-refractivity contribution < 1.29 is 23.7 Å². The second kappa shape index (κ2) is 14.4. The van der Waals surface area contributed by atoms with Crippen molar-refractivity contribution in [3.8, 4) is 11.5 Å². The van der Waals surface area contributed by atoms with Crippen LogP contribution in [0.2, 0.25) is 0 Å². The Balaban J connectivity index is 1.71. The molecule has 2 N–H and O–H groups in total. The fourth-order valence-electron chi connectivity index (χ4n) is 5.96. The van der Waals surface area contributed by atoms with E-state index in [0.717, 1.165) is 60.3 Å². The minimum absolute atomic E-state index is 0.0553. The number of carbonyl (C=O) groups excluding carboxylic acids is 1. The first-order valence-corrected chi connectivity index (χ1v) is 14.3. The topological polar surface area (TPSA) is 80.0 Å². The van der Waals surface area contributed by atoms with Crippen LogP contribution in [0, 0.1) is 11.8 Å². The number of rotatable bonds is 15. The Morgan fingerprint density at radius 2 is 1.35 bits per heavy atom. The summed E-state index contributed by atoms with van der Waals surface area (Å²) in [5, 5.41) is 0. The van der Waals surface area contributed by atoms with Crippen molar-refractivity contribution in [3.63, 3.8) is 0 Å². The summed E-state index contributed by atoms with van der Waals surface area (Å²) >= 11 is 0. The molecule has 0 heterocycles. The molecule has 0 saturated heterocycles. The van der Waals surface area contributed by atoms with Crippen molar-refractivity contribution in [2.45, 2.75) is 50.2 Å². The maximum Gasteiger partial charge on any atom is 0.143 e. The molecular formula is C34H43NO5. The zero-order valence-electron chi connectivity index (χ0n) is 24.0. The molecule has 1 aliphatic rings. The van der Waals surface area contributed by atoms with Gasteiger partial charge in [0.05, 0.1) is 26.9 Å². The highest BCUT2D eigenvalue weighted by Gasteiger charge is 2.43. The smallest absolute Gasteiger partial charge is 0.143 e. The molecule has 6 nitrogen and oxygen atoms in total. The van der Waals surface area contributed by atoms with E-state index < -0.39 is 5.60 Å². The highest BCUT2D eigenvalue weighted by Crippen LogP contribution is 2.44. The van der Waals surface area contributed by atoms with Crippen molar-refractivity contribution in [3.05, 3.63) is 95.6 Å². The molecule has 3 aromatic carbocycles. The summed E-state index contributed by atoms with van der Waals surface area (Å²) < 4.78 is 23.8. The quantitative estimate of drug-likeness (QED) is 0.183. The predicted molar refractivity (Wildman–Crippen MR) is 158 cm³/mol. The van der Waals surface area contributed by atoms with Gasteiger partial charge in [-0.2, -0.15) is 0 Å². The maximum absolute atomic E-state index is 13.4. The first-order valence-electron chi connectivity index (χ1n) is 14.3. The van der Waals surface area contributed by atoms with Crippen LogP contribution in [-0.2, 0) is 19.9 Å². The number of ketones is 1. The molecule has 3 aromatic rings. The first kappa shape index (κ1) is 29.8. The molecule has 6 heteroatoms. The predicted octanol–water partition coefficient (Wildman–Crippen LogP) is 6.14. The van der Waals surface area contributed by atoms with E-state index in [4.69, 9.17) is 24.7 Å². The molecule has 4 rings (SSSR count). The second-order valence-corrected chi connectivity index (χ2v) is 10.6. The number of hydrogen-bond donors (Lipinski definition) is 1. The Morgan fingerprint density at radius 3 is 1.88 bits per heavy atom. The molecule has 0 aliphatic heterocycles. The molecule has 0 radical (unpaired) electrons. The van der Waals surface area contributed by atoms with Gasteiger partial charge in [0.1, 0.15) is 22.9 Å². The van der Waals surface area contributed by atoms with Gasteiger partial charge in [-0.15, -0.1) is 0 Å². The van der Waals surface area contributed by atoms with Gasteiger partial charge in [-0.25, -0.2) is 0 Å². The molecule has 214 valence electrons. The maximum atomic E-state index is 13.4. The van der Waals surface area contributed by atoms with Crippen molar-refractivity contribution in [1.29, 1.82) is 0 Å². The van der Waals surface area contributed by atoms with Crippen molar-refractivity contribution >= 4 is 5.78 Å². The molecule has 3 atom stereocenters. The Hall–Kier alpha value is -3.19. The first-order chi connectivity index (χ1) is 19.5. The van der Waals surface area contributed by atoms with E-state index >= 15 is 0 Å². The number of hydrogen-bond acceptors (Lipinski definition) is 6. The van der Waals surface area contributed by atoms with Crippen LogP contribution < -0.4 is 15.2 Å². The van der Waals surface area contributed by atoms with Crippen molar-refractivity contribution in [1.82, 2.24) is 0 Å². The Bertz CT molecular complexity index is 1130. The lowest BCUT2D eigenvalue weighted by molar-refractivity contribution is -0.125. The van der Waals surface area contributed by atoms with Gasteiger partial charge >= 0.3 is 0 Å². The second-order valence-electron chi connectivity index (χ2n) is 10.6. The average molecular weight is 546 g/mol. The van der Waals surface area contributed by atoms with Crippen LogP contribution in [0.3, 0.4) is 0 Å². The molecule has 0 spiro atoms. The number of unbranched alkanes of at least 4 members (excludes halogenated alkanes) is 2. The number of nitrogens with two attached hydrogens (primary N) is 1. The summed E-state index contributed by atoms with van der Waals surface area (Å²) in [4.78, 5) is 13.4. The Kier molecular flexibility index (Phi) is 10.8. The largest absolute Gasteiger partial charge is 0.497 e. The van der Waals surface area contributed by atoms with Gasteiger partial charge in [-0.05, 0) is 79.1 Å². The number of Topliss-reactive ketones (excluding diaryl/α,β-unsaturated/α-hetero) is 1. The summed E-state index contributed by atoms with van der Waals surface area (Å²) in [7, 11) is 5.07. The van der Waals surface area contributed by atoms with Gasteiger partial charge in [0, 0.05) is 19.4 Å². The van der Waals surface area contributed by atoms with Crippen LogP contribution in [0.15, 0.2) is 78.9 Å². The fourth-order valence-corrected chi connectivity index (χ4v) is 5.96. The van der Waals surface area contributed by atoms with E-state index in [9.17, 15) is 4.79 Å². The zero-order valence-corrected chi connectivity index (χ0v) is 24.0. The number of carbonyl (C=O) groups is 1. The third kappa shape index (κ3) is 6.74. The van der Waals surface area contributed by atoms with Crippen LogP contribution >= 0.6 is 0 Å². The lowest BCUT2D eigenvalue weighted by atomic mass is 9.79. The minimum atomic E-state index is -0.903. The fraction of sp³-hybridized carbons (Fsp3) is 0.441. The zero-order chi connectivity index (χ0) is 28.4. The average Bonchev–Trinajstić information content (AvgIpc) is 3.44. The standard InChI is InChI=1S/C34H43NO5/c1-37-29-17-13-27(14-18-29)34(26-10-6-4-7-11-26,28-15-19-30(38-2)20-16-28)40-24-25-22-31(39-3)23-32(25)33(36)12-8-5-9-21-35/h4,6-7,10-11,13-20,25,31-32H,5,8-9,12,21-24,35H2,1-3H3/t25-,31+,32?/m0/s1. The van der Waals surface area contributed by atoms with Crippen LogP contribution in [0.25, 0.3) is 0 Å². The van der Waals surface area contributed by atoms with Crippen molar-refractivity contribution in [2.75, 3.05) is 34.5 Å². The van der Waals surface area contributed by atoms with Gasteiger partial charge < -0.3 is 24.7 Å². The molecule has 0 amide bonds.